The molecule has 0 saturated carbocycles. The van der Waals surface area contributed by atoms with Gasteiger partial charge < -0.3 is 9.63 Å². The molecule has 1 aromatic rings. The lowest BCUT2D eigenvalue weighted by molar-refractivity contribution is -0.131. The lowest BCUT2D eigenvalue weighted by atomic mass is 10.5. The van der Waals surface area contributed by atoms with E-state index in [1.54, 1.807) is 6.92 Å². The van der Waals surface area contributed by atoms with Gasteiger partial charge in [0.2, 0.25) is 0 Å². The number of carboxylic acid groups (broad SMARTS) is 1. The van der Waals surface area contributed by atoms with Crippen LogP contribution in [0, 0.1) is 6.92 Å². The first kappa shape index (κ1) is 7.46. The summed E-state index contributed by atoms with van der Waals surface area (Å²) in [7, 11) is 0. The molecule has 58 valence electrons. The monoisotopic (exact) mass is 154 g/mol. The molecule has 0 spiro atoms. The molecule has 0 radical (unpaired) electrons. The van der Waals surface area contributed by atoms with Gasteiger partial charge in [0.25, 0.3) is 5.89 Å². The van der Waals surface area contributed by atoms with Crippen LogP contribution in [0.1, 0.15) is 11.7 Å². The van der Waals surface area contributed by atoms with E-state index in [0.717, 1.165) is 6.08 Å². The molecule has 5 nitrogen and oxygen atoms in total. The average molecular weight is 154 g/mol. The Morgan fingerprint density at radius 2 is 2.45 bits per heavy atom. The molecule has 0 aromatic carbocycles. The summed E-state index contributed by atoms with van der Waals surface area (Å²) in [6.07, 6.45) is 2.18. The maximum absolute atomic E-state index is 10.0. The Hall–Kier alpha value is -1.65. The molecule has 0 aliphatic carbocycles. The van der Waals surface area contributed by atoms with Crippen molar-refractivity contribution in [1.29, 1.82) is 0 Å². The molecule has 1 N–H and O–H groups in total. The molecule has 0 fully saturated rings. The van der Waals surface area contributed by atoms with Crippen LogP contribution in [0.5, 0.6) is 0 Å². The highest BCUT2D eigenvalue weighted by atomic mass is 16.5. The molecule has 1 rings (SSSR count). The molecule has 0 amide bonds. The number of aliphatic carboxylic acids is 1. The Bertz CT molecular complexity index is 290. The van der Waals surface area contributed by atoms with Crippen LogP contribution in [-0.4, -0.2) is 21.2 Å². The van der Waals surface area contributed by atoms with Crippen LogP contribution in [0.15, 0.2) is 10.6 Å². The minimum Gasteiger partial charge on any atom is -0.478 e. The van der Waals surface area contributed by atoms with Gasteiger partial charge in [-0.25, -0.2) is 4.79 Å². The molecule has 0 atom stereocenters. The average Bonchev–Trinajstić information content (AvgIpc) is 2.31. The zero-order valence-corrected chi connectivity index (χ0v) is 5.81. The highest BCUT2D eigenvalue weighted by Gasteiger charge is 1.96. The Morgan fingerprint density at radius 3 is 2.91 bits per heavy atom. The van der Waals surface area contributed by atoms with Crippen LogP contribution >= 0.6 is 0 Å². The van der Waals surface area contributed by atoms with Crippen molar-refractivity contribution < 1.29 is 14.4 Å². The number of carboxylic acids is 1. The first-order valence-corrected chi connectivity index (χ1v) is 2.90. The fourth-order valence-electron chi connectivity index (χ4n) is 0.523. The summed E-state index contributed by atoms with van der Waals surface area (Å²) in [6.45, 7) is 1.65. The van der Waals surface area contributed by atoms with Crippen molar-refractivity contribution in [2.75, 3.05) is 0 Å². The smallest absolute Gasteiger partial charge is 0.328 e. The molecular weight excluding hydrogens is 148 g/mol. The van der Waals surface area contributed by atoms with Crippen molar-refractivity contribution in [1.82, 2.24) is 10.1 Å². The second-order valence-electron chi connectivity index (χ2n) is 1.85. The maximum atomic E-state index is 10.0. The molecule has 0 saturated heterocycles. The van der Waals surface area contributed by atoms with Crippen LogP contribution in [0.4, 0.5) is 0 Å². The standard InChI is InChI=1S/C6H6N2O3/c1-4-7-5(11-8-4)2-3-6(9)10/h2-3H,1H3,(H,9,10). The molecule has 0 unspecified atom stereocenters. The highest BCUT2D eigenvalue weighted by molar-refractivity contribution is 5.84. The summed E-state index contributed by atoms with van der Waals surface area (Å²) >= 11 is 0. The molecule has 11 heavy (non-hydrogen) atoms. The van der Waals surface area contributed by atoms with Crippen molar-refractivity contribution in [2.45, 2.75) is 6.92 Å². The third-order valence-corrected chi connectivity index (χ3v) is 0.912. The number of hydrogen-bond donors (Lipinski definition) is 1. The minimum absolute atomic E-state index is 0.199. The zero-order valence-electron chi connectivity index (χ0n) is 5.81. The summed E-state index contributed by atoms with van der Waals surface area (Å²) in [5.41, 5.74) is 0. The first-order chi connectivity index (χ1) is 5.18. The number of rotatable bonds is 2. The van der Waals surface area contributed by atoms with Crippen LogP contribution in [0.3, 0.4) is 0 Å². The zero-order chi connectivity index (χ0) is 8.27. The second kappa shape index (κ2) is 2.96. The van der Waals surface area contributed by atoms with Crippen LogP contribution in [-0.2, 0) is 4.79 Å². The van der Waals surface area contributed by atoms with Crippen molar-refractivity contribution in [3.8, 4) is 0 Å². The number of aromatic nitrogens is 2. The van der Waals surface area contributed by atoms with Gasteiger partial charge in [-0.15, -0.1) is 0 Å². The summed E-state index contributed by atoms with van der Waals surface area (Å²) in [6, 6.07) is 0. The maximum Gasteiger partial charge on any atom is 0.328 e. The largest absolute Gasteiger partial charge is 0.478 e. The van der Waals surface area contributed by atoms with E-state index in [4.69, 9.17) is 5.11 Å². The molecule has 0 aliphatic rings. The molecule has 1 heterocycles. The van der Waals surface area contributed by atoms with Crippen molar-refractivity contribution in [3.05, 3.63) is 17.8 Å². The van der Waals surface area contributed by atoms with Gasteiger partial charge in [0, 0.05) is 12.2 Å². The molecular formula is C6H6N2O3. The van der Waals surface area contributed by atoms with Gasteiger partial charge in [-0.2, -0.15) is 4.98 Å². The van der Waals surface area contributed by atoms with E-state index >= 15 is 0 Å². The highest BCUT2D eigenvalue weighted by Crippen LogP contribution is 1.97. The van der Waals surface area contributed by atoms with Gasteiger partial charge in [0.05, 0.1) is 0 Å². The molecule has 0 aliphatic heterocycles. The van der Waals surface area contributed by atoms with E-state index in [1.807, 2.05) is 0 Å². The topological polar surface area (TPSA) is 76.2 Å². The van der Waals surface area contributed by atoms with E-state index < -0.39 is 5.97 Å². The van der Waals surface area contributed by atoms with Crippen LogP contribution in [0.2, 0.25) is 0 Å². The predicted molar refractivity (Wildman–Crippen MR) is 35.7 cm³/mol. The number of nitrogens with zero attached hydrogens (tertiary/aromatic N) is 2. The Kier molecular flexibility index (Phi) is 2.00. The van der Waals surface area contributed by atoms with E-state index in [1.165, 1.54) is 6.08 Å². The van der Waals surface area contributed by atoms with E-state index in [0.29, 0.717) is 5.82 Å². The Labute approximate surface area is 62.3 Å². The fourth-order valence-corrected chi connectivity index (χ4v) is 0.523. The second-order valence-corrected chi connectivity index (χ2v) is 1.85. The third-order valence-electron chi connectivity index (χ3n) is 0.912. The summed E-state index contributed by atoms with van der Waals surface area (Å²) in [4.78, 5) is 13.8. The normalized spacial score (nSPS) is 10.6. The van der Waals surface area contributed by atoms with Crippen molar-refractivity contribution in [3.63, 3.8) is 0 Å². The minimum atomic E-state index is -1.04. The van der Waals surface area contributed by atoms with Crippen molar-refractivity contribution >= 4 is 12.0 Å². The van der Waals surface area contributed by atoms with Crippen LogP contribution in [0.25, 0.3) is 6.08 Å². The molecule has 0 bridgehead atoms. The van der Waals surface area contributed by atoms with E-state index in [9.17, 15) is 4.79 Å². The van der Waals surface area contributed by atoms with Gasteiger partial charge in [-0.05, 0) is 6.92 Å². The quantitative estimate of drug-likeness (QED) is 0.627. The van der Waals surface area contributed by atoms with Gasteiger partial charge >= 0.3 is 5.97 Å². The van der Waals surface area contributed by atoms with E-state index in [2.05, 4.69) is 14.7 Å². The summed E-state index contributed by atoms with van der Waals surface area (Å²) in [5.74, 6) is -0.360. The Balaban J connectivity index is 2.71. The van der Waals surface area contributed by atoms with Gasteiger partial charge in [-0.1, -0.05) is 5.16 Å². The summed E-state index contributed by atoms with van der Waals surface area (Å²) < 4.78 is 4.60. The Morgan fingerprint density at radius 1 is 1.73 bits per heavy atom. The predicted octanol–water partition coefficient (Wildman–Crippen LogP) is 0.476. The molecule has 5 heteroatoms. The van der Waals surface area contributed by atoms with Gasteiger partial charge in [0.1, 0.15) is 0 Å². The van der Waals surface area contributed by atoms with Gasteiger partial charge in [0.15, 0.2) is 5.82 Å². The van der Waals surface area contributed by atoms with Gasteiger partial charge in [-0.3, -0.25) is 0 Å². The number of aryl methyl sites for hydroxylation is 1. The van der Waals surface area contributed by atoms with Crippen LogP contribution < -0.4 is 0 Å². The van der Waals surface area contributed by atoms with Crippen molar-refractivity contribution in [2.24, 2.45) is 0 Å². The number of carbonyl (C=O) groups is 1. The van der Waals surface area contributed by atoms with E-state index in [-0.39, 0.29) is 5.89 Å². The number of hydrogen-bond acceptors (Lipinski definition) is 4. The lowest BCUT2D eigenvalue weighted by Gasteiger charge is -1.76. The summed E-state index contributed by atoms with van der Waals surface area (Å²) in [5, 5.41) is 11.7. The fraction of sp³-hybridized carbons (Fsp3) is 0.167. The lowest BCUT2D eigenvalue weighted by Crippen LogP contribution is -1.85. The SMILES string of the molecule is Cc1noc(C=CC(=O)O)n1. The first-order valence-electron chi connectivity index (χ1n) is 2.90. The molecule has 1 aromatic heterocycles. The third kappa shape index (κ3) is 2.21.